The second-order valence-electron chi connectivity index (χ2n) is 5.13. The molecule has 0 aliphatic carbocycles. The number of fused-ring (bicyclic) bond motifs is 1. The average molecular weight is 448 g/mol. The summed E-state index contributed by atoms with van der Waals surface area (Å²) in [5.74, 6) is -0.0256. The SMILES string of the molecule is Cc1c[n+](O)c(Cn2c(=O)[nH]c3c(Cl)nc(N)nc32)c(C)c1I. The van der Waals surface area contributed by atoms with Gasteiger partial charge in [-0.1, -0.05) is 11.6 Å². The summed E-state index contributed by atoms with van der Waals surface area (Å²) < 4.78 is 3.40. The zero-order valence-corrected chi connectivity index (χ0v) is 15.2. The molecule has 23 heavy (non-hydrogen) atoms. The third kappa shape index (κ3) is 2.63. The number of imidazole rings is 1. The monoisotopic (exact) mass is 447 g/mol. The van der Waals surface area contributed by atoms with Gasteiger partial charge in [-0.15, -0.1) is 0 Å². The second kappa shape index (κ2) is 5.64. The van der Waals surface area contributed by atoms with Crippen molar-refractivity contribution in [2.75, 3.05) is 5.73 Å². The highest BCUT2D eigenvalue weighted by atomic mass is 127. The van der Waals surface area contributed by atoms with Crippen LogP contribution in [0.3, 0.4) is 0 Å². The quantitative estimate of drug-likeness (QED) is 0.236. The summed E-state index contributed by atoms with van der Waals surface area (Å²) in [4.78, 5) is 22.7. The topological polar surface area (TPSA) is 114 Å². The number of nitrogens with zero attached hydrogens (tertiary/aromatic N) is 4. The lowest BCUT2D eigenvalue weighted by Gasteiger charge is -2.06. The van der Waals surface area contributed by atoms with Crippen LogP contribution in [-0.2, 0) is 6.54 Å². The second-order valence-corrected chi connectivity index (χ2v) is 6.57. The van der Waals surface area contributed by atoms with Crippen LogP contribution in [0.25, 0.3) is 11.2 Å². The number of halogens is 2. The summed E-state index contributed by atoms with van der Waals surface area (Å²) in [6.45, 7) is 3.90. The van der Waals surface area contributed by atoms with Gasteiger partial charge in [0.25, 0.3) is 5.69 Å². The van der Waals surface area contributed by atoms with E-state index in [0.717, 1.165) is 19.4 Å². The highest BCUT2D eigenvalue weighted by Gasteiger charge is 2.23. The van der Waals surface area contributed by atoms with Crippen LogP contribution in [0.5, 0.6) is 0 Å². The van der Waals surface area contributed by atoms with Gasteiger partial charge in [0.05, 0.1) is 0 Å². The number of hydrogen-bond acceptors (Lipinski definition) is 5. The van der Waals surface area contributed by atoms with Gasteiger partial charge in [-0.2, -0.15) is 9.97 Å². The number of aromatic nitrogens is 5. The Bertz CT molecular complexity index is 997. The lowest BCUT2D eigenvalue weighted by molar-refractivity contribution is -0.910. The molecule has 0 saturated heterocycles. The van der Waals surface area contributed by atoms with Gasteiger partial charge in [0, 0.05) is 19.4 Å². The number of H-pyrrole nitrogens is 1. The molecule has 3 aromatic heterocycles. The molecule has 3 heterocycles. The zero-order valence-electron chi connectivity index (χ0n) is 12.3. The molecule has 0 atom stereocenters. The zero-order chi connectivity index (χ0) is 16.9. The predicted octanol–water partition coefficient (Wildman–Crippen LogP) is 1.15. The van der Waals surface area contributed by atoms with Gasteiger partial charge in [-0.05, 0) is 36.4 Å². The van der Waals surface area contributed by atoms with E-state index in [0.29, 0.717) is 16.9 Å². The van der Waals surface area contributed by atoms with Crippen molar-refractivity contribution in [2.24, 2.45) is 0 Å². The normalized spacial score (nSPS) is 11.3. The molecule has 0 radical (unpaired) electrons. The van der Waals surface area contributed by atoms with Crippen molar-refractivity contribution >= 4 is 51.3 Å². The minimum absolute atomic E-state index is 0.0256. The van der Waals surface area contributed by atoms with Crippen LogP contribution < -0.4 is 16.2 Å². The smallest absolute Gasteiger partial charge is 0.328 e. The summed E-state index contributed by atoms with van der Waals surface area (Å²) in [6, 6.07) is 0. The van der Waals surface area contributed by atoms with Crippen LogP contribution in [0, 0.1) is 17.4 Å². The standard InChI is InChI=1S/C13H12ClIN6O2/c1-5-3-21(23)7(6(2)8(5)15)4-20-11-9(17-13(20)22)10(14)18-12(16)19-11/h3H,4H2,1-2H3,(H3-,16,17,18,19,22,23)/p+1. The molecule has 3 aromatic rings. The highest BCUT2D eigenvalue weighted by molar-refractivity contribution is 14.1. The van der Waals surface area contributed by atoms with E-state index >= 15 is 0 Å². The Labute approximate surface area is 149 Å². The number of rotatable bonds is 2. The number of anilines is 1. The highest BCUT2D eigenvalue weighted by Crippen LogP contribution is 2.20. The van der Waals surface area contributed by atoms with Crippen LogP contribution in [-0.4, -0.2) is 24.7 Å². The van der Waals surface area contributed by atoms with Gasteiger partial charge in [0.1, 0.15) is 12.1 Å². The number of nitrogens with two attached hydrogens (primary N) is 1. The van der Waals surface area contributed by atoms with Crippen molar-refractivity contribution in [3.8, 4) is 0 Å². The van der Waals surface area contributed by atoms with Gasteiger partial charge in [0.15, 0.2) is 10.8 Å². The number of pyridine rings is 1. The molecule has 0 aliphatic heterocycles. The Kier molecular flexibility index (Phi) is 3.92. The summed E-state index contributed by atoms with van der Waals surface area (Å²) in [6.07, 6.45) is 1.60. The molecule has 4 N–H and O–H groups in total. The Morgan fingerprint density at radius 1 is 1.48 bits per heavy atom. The minimum Gasteiger partial charge on any atom is -0.368 e. The van der Waals surface area contributed by atoms with Gasteiger partial charge in [0.2, 0.25) is 12.1 Å². The fraction of sp³-hybridized carbons (Fsp3) is 0.231. The summed E-state index contributed by atoms with van der Waals surface area (Å²) in [5.41, 5.74) is 8.19. The van der Waals surface area contributed by atoms with Crippen LogP contribution in [0.2, 0.25) is 5.15 Å². The molecule has 8 nitrogen and oxygen atoms in total. The molecule has 0 spiro atoms. The van der Waals surface area contributed by atoms with Crippen molar-refractivity contribution in [3.63, 3.8) is 0 Å². The molecule has 0 amide bonds. The minimum atomic E-state index is -0.406. The van der Waals surface area contributed by atoms with E-state index in [4.69, 9.17) is 17.3 Å². The fourth-order valence-corrected chi connectivity index (χ4v) is 3.08. The first-order valence-corrected chi connectivity index (χ1v) is 8.06. The van der Waals surface area contributed by atoms with Gasteiger partial charge < -0.3 is 10.7 Å². The molecular formula is C13H13ClIN6O2+. The van der Waals surface area contributed by atoms with Gasteiger partial charge >= 0.3 is 5.69 Å². The van der Waals surface area contributed by atoms with E-state index < -0.39 is 5.69 Å². The molecule has 0 aliphatic rings. The lowest BCUT2D eigenvalue weighted by Crippen LogP contribution is -2.39. The fourth-order valence-electron chi connectivity index (χ4n) is 2.41. The lowest BCUT2D eigenvalue weighted by atomic mass is 10.1. The molecule has 0 saturated carbocycles. The number of nitrogen functional groups attached to an aromatic ring is 1. The molecule has 0 unspecified atom stereocenters. The summed E-state index contributed by atoms with van der Waals surface area (Å²) >= 11 is 8.19. The average Bonchev–Trinajstić information content (AvgIpc) is 2.78. The molecule has 10 heteroatoms. The maximum Gasteiger partial charge on any atom is 0.328 e. The first kappa shape index (κ1) is 16.0. The summed E-state index contributed by atoms with van der Waals surface area (Å²) in [7, 11) is 0. The largest absolute Gasteiger partial charge is 0.368 e. The Morgan fingerprint density at radius 2 is 2.17 bits per heavy atom. The van der Waals surface area contributed by atoms with Gasteiger partial charge in [-0.3, -0.25) is 9.77 Å². The van der Waals surface area contributed by atoms with Crippen molar-refractivity contribution < 1.29 is 9.94 Å². The van der Waals surface area contributed by atoms with Crippen molar-refractivity contribution in [2.45, 2.75) is 20.4 Å². The number of aromatic amines is 1. The van der Waals surface area contributed by atoms with Crippen LogP contribution in [0.4, 0.5) is 5.95 Å². The Balaban J connectivity index is 2.23. The first-order chi connectivity index (χ1) is 10.8. The maximum absolute atomic E-state index is 12.2. The van der Waals surface area contributed by atoms with E-state index in [-0.39, 0.29) is 17.6 Å². The number of hydrogen-bond donors (Lipinski definition) is 3. The van der Waals surface area contributed by atoms with E-state index in [9.17, 15) is 10.0 Å². The molecule has 3 rings (SSSR count). The van der Waals surface area contributed by atoms with E-state index in [2.05, 4.69) is 37.5 Å². The van der Waals surface area contributed by atoms with Crippen LogP contribution >= 0.6 is 34.2 Å². The Morgan fingerprint density at radius 3 is 2.87 bits per heavy atom. The predicted molar refractivity (Wildman–Crippen MR) is 92.7 cm³/mol. The third-order valence-corrected chi connectivity index (χ3v) is 5.54. The summed E-state index contributed by atoms with van der Waals surface area (Å²) in [5, 5.41) is 10.3. The van der Waals surface area contributed by atoms with Crippen molar-refractivity contribution in [1.29, 1.82) is 0 Å². The number of aryl methyl sites for hydroxylation is 1. The van der Waals surface area contributed by atoms with E-state index in [1.807, 2.05) is 13.8 Å². The molecule has 0 aromatic carbocycles. The number of nitrogens with one attached hydrogen (secondary N) is 1. The van der Waals surface area contributed by atoms with Crippen molar-refractivity contribution in [1.82, 2.24) is 19.5 Å². The van der Waals surface area contributed by atoms with Crippen molar-refractivity contribution in [3.05, 3.63) is 42.2 Å². The Hall–Kier alpha value is -1.88. The molecular weight excluding hydrogens is 435 g/mol. The van der Waals surface area contributed by atoms with Crippen LogP contribution in [0.1, 0.15) is 16.8 Å². The third-order valence-electron chi connectivity index (χ3n) is 3.60. The van der Waals surface area contributed by atoms with Gasteiger partial charge in [-0.25, -0.2) is 4.79 Å². The first-order valence-electron chi connectivity index (χ1n) is 6.60. The maximum atomic E-state index is 12.2. The van der Waals surface area contributed by atoms with E-state index in [1.165, 1.54) is 4.57 Å². The van der Waals surface area contributed by atoms with Crippen LogP contribution in [0.15, 0.2) is 11.0 Å². The molecule has 0 fully saturated rings. The van der Waals surface area contributed by atoms with E-state index in [1.54, 1.807) is 6.20 Å². The molecule has 0 bridgehead atoms. The molecule has 120 valence electrons.